The lowest BCUT2D eigenvalue weighted by molar-refractivity contribution is 0.409. The number of benzene rings is 7. The van der Waals surface area contributed by atoms with Crippen LogP contribution in [0.2, 0.25) is 0 Å². The van der Waals surface area contributed by atoms with Crippen molar-refractivity contribution >= 4 is 81.2 Å². The molecule has 2 N–H and O–H groups in total. The molecule has 0 spiro atoms. The molecule has 5 nitrogen and oxygen atoms in total. The Morgan fingerprint density at radius 3 is 2.20 bits per heavy atom. The molecule has 0 saturated carbocycles. The van der Waals surface area contributed by atoms with Crippen LogP contribution in [0.25, 0.3) is 75.2 Å². The Morgan fingerprint density at radius 1 is 0.510 bits per heavy atom. The van der Waals surface area contributed by atoms with Gasteiger partial charge in [-0.3, -0.25) is 5.32 Å². The third-order valence-electron chi connectivity index (χ3n) is 10.2. The maximum atomic E-state index is 6.51. The van der Waals surface area contributed by atoms with Crippen molar-refractivity contribution in [3.8, 4) is 11.1 Å². The van der Waals surface area contributed by atoms with E-state index in [1.54, 1.807) is 0 Å². The number of hydrogen-bond donors (Lipinski definition) is 2. The first kappa shape index (κ1) is 28.6. The van der Waals surface area contributed by atoms with Crippen LogP contribution in [0, 0.1) is 0 Å². The highest BCUT2D eigenvalue weighted by molar-refractivity contribution is 7.26. The highest BCUT2D eigenvalue weighted by Crippen LogP contribution is 2.42. The van der Waals surface area contributed by atoms with Crippen molar-refractivity contribution in [3.63, 3.8) is 0 Å². The highest BCUT2D eigenvalue weighted by Gasteiger charge is 2.27. The number of para-hydroxylation sites is 1. The molecule has 2 atom stereocenters. The van der Waals surface area contributed by atoms with Crippen molar-refractivity contribution in [2.24, 2.45) is 4.99 Å². The van der Waals surface area contributed by atoms with Crippen LogP contribution in [0.1, 0.15) is 29.0 Å². The van der Waals surface area contributed by atoms with Crippen LogP contribution >= 0.6 is 11.3 Å². The van der Waals surface area contributed by atoms with E-state index in [1.807, 2.05) is 41.7 Å². The molecule has 0 amide bonds. The Balaban J connectivity index is 1.03. The SMILES string of the molecule is c1ccc(C2NC(c3cccc4oc5ccccc5c34)=NC(c3ccc4oc5cc(-c6cccc7c6sc6ccccc67)ccc5c4c3)N2)cc1. The lowest BCUT2D eigenvalue weighted by Crippen LogP contribution is -2.45. The van der Waals surface area contributed by atoms with Gasteiger partial charge in [-0.05, 0) is 64.7 Å². The van der Waals surface area contributed by atoms with Gasteiger partial charge >= 0.3 is 0 Å². The number of rotatable bonds is 4. The largest absolute Gasteiger partial charge is 0.456 e. The van der Waals surface area contributed by atoms with Crippen LogP contribution in [0.15, 0.2) is 165 Å². The molecule has 4 heterocycles. The second-order valence-electron chi connectivity index (χ2n) is 13.2. The Morgan fingerprint density at radius 2 is 1.25 bits per heavy atom. The minimum Gasteiger partial charge on any atom is -0.456 e. The van der Waals surface area contributed by atoms with Crippen molar-refractivity contribution < 1.29 is 8.83 Å². The van der Waals surface area contributed by atoms with E-state index in [0.717, 1.165) is 72.0 Å². The molecule has 0 aliphatic carbocycles. The number of hydrogen-bond acceptors (Lipinski definition) is 6. The Kier molecular flexibility index (Phi) is 6.26. The molecule has 51 heavy (non-hydrogen) atoms. The van der Waals surface area contributed by atoms with E-state index >= 15 is 0 Å². The number of nitrogens with zero attached hydrogens (tertiary/aromatic N) is 1. The number of nitrogens with one attached hydrogen (secondary N) is 2. The smallest absolute Gasteiger partial charge is 0.136 e. The van der Waals surface area contributed by atoms with Crippen molar-refractivity contribution in [3.05, 3.63) is 168 Å². The third-order valence-corrected chi connectivity index (χ3v) is 11.4. The third kappa shape index (κ3) is 4.54. The predicted octanol–water partition coefficient (Wildman–Crippen LogP) is 11.9. The van der Waals surface area contributed by atoms with Gasteiger partial charge in [0.15, 0.2) is 0 Å². The fraction of sp³-hybridized carbons (Fsp3) is 0.0444. The summed E-state index contributed by atoms with van der Waals surface area (Å²) in [5.74, 6) is 0.821. The molecule has 0 fully saturated rings. The minimum atomic E-state index is -0.306. The molecule has 6 heteroatoms. The van der Waals surface area contributed by atoms with Crippen molar-refractivity contribution in [2.75, 3.05) is 0 Å². The lowest BCUT2D eigenvalue weighted by atomic mass is 10.0. The first-order valence-corrected chi connectivity index (χ1v) is 18.0. The maximum absolute atomic E-state index is 6.51. The van der Waals surface area contributed by atoms with Gasteiger partial charge in [-0.25, -0.2) is 4.99 Å². The molecular formula is C45H29N3O2S. The van der Waals surface area contributed by atoms with Gasteiger partial charge in [-0.2, -0.15) is 0 Å². The van der Waals surface area contributed by atoms with Crippen molar-refractivity contribution in [2.45, 2.75) is 12.3 Å². The van der Waals surface area contributed by atoms with E-state index in [0.29, 0.717) is 0 Å². The van der Waals surface area contributed by atoms with Gasteiger partial charge in [0.1, 0.15) is 40.5 Å². The number of furan rings is 2. The summed E-state index contributed by atoms with van der Waals surface area (Å²) in [6.45, 7) is 0. The van der Waals surface area contributed by atoms with Crippen molar-refractivity contribution in [1.29, 1.82) is 0 Å². The zero-order valence-electron chi connectivity index (χ0n) is 27.3. The molecule has 2 unspecified atom stereocenters. The summed E-state index contributed by atoms with van der Waals surface area (Å²) in [6.07, 6.45) is -0.466. The van der Waals surface area contributed by atoms with Gasteiger partial charge in [-0.1, -0.05) is 109 Å². The fourth-order valence-corrected chi connectivity index (χ4v) is 9.00. The van der Waals surface area contributed by atoms with E-state index in [2.05, 4.69) is 132 Å². The quantitative estimate of drug-likeness (QED) is 0.195. The van der Waals surface area contributed by atoms with Crippen LogP contribution in [-0.2, 0) is 0 Å². The second kappa shape index (κ2) is 11.2. The average molecular weight is 676 g/mol. The van der Waals surface area contributed by atoms with E-state index in [-0.39, 0.29) is 12.3 Å². The summed E-state index contributed by atoms with van der Waals surface area (Å²) >= 11 is 1.85. The topological polar surface area (TPSA) is 62.7 Å². The molecule has 3 aromatic heterocycles. The van der Waals surface area contributed by atoms with Crippen LogP contribution < -0.4 is 10.6 Å². The highest BCUT2D eigenvalue weighted by atomic mass is 32.1. The molecule has 1 aliphatic heterocycles. The van der Waals surface area contributed by atoms with Gasteiger partial charge < -0.3 is 14.2 Å². The molecule has 11 rings (SSSR count). The first-order valence-electron chi connectivity index (χ1n) is 17.2. The summed E-state index contributed by atoms with van der Waals surface area (Å²) in [4.78, 5) is 5.33. The molecule has 1 aliphatic rings. The van der Waals surface area contributed by atoms with Crippen molar-refractivity contribution in [1.82, 2.24) is 10.6 Å². The lowest BCUT2D eigenvalue weighted by Gasteiger charge is -2.32. The second-order valence-corrected chi connectivity index (χ2v) is 14.2. The predicted molar refractivity (Wildman–Crippen MR) is 210 cm³/mol. The number of amidine groups is 1. The van der Waals surface area contributed by atoms with Gasteiger partial charge in [0.25, 0.3) is 0 Å². The molecule has 0 radical (unpaired) electrons. The van der Waals surface area contributed by atoms with Gasteiger partial charge in [0.05, 0.1) is 0 Å². The molecular weight excluding hydrogens is 647 g/mol. The molecule has 0 bridgehead atoms. The number of aliphatic imine (C=N–C) groups is 1. The summed E-state index contributed by atoms with van der Waals surface area (Å²) < 4.78 is 15.4. The zero-order valence-corrected chi connectivity index (χ0v) is 28.1. The minimum absolute atomic E-state index is 0.159. The van der Waals surface area contributed by atoms with Crippen LogP contribution in [-0.4, -0.2) is 5.84 Å². The molecule has 7 aromatic carbocycles. The summed E-state index contributed by atoms with van der Waals surface area (Å²) in [7, 11) is 0. The van der Waals surface area contributed by atoms with Gasteiger partial charge in [0.2, 0.25) is 0 Å². The van der Waals surface area contributed by atoms with Crippen LogP contribution in [0.3, 0.4) is 0 Å². The summed E-state index contributed by atoms with van der Waals surface area (Å²) in [6, 6.07) is 53.2. The van der Waals surface area contributed by atoms with E-state index < -0.39 is 0 Å². The first-order chi connectivity index (χ1) is 25.2. The normalized spacial score (nSPS) is 16.4. The monoisotopic (exact) mass is 675 g/mol. The van der Waals surface area contributed by atoms with Crippen LogP contribution in [0.4, 0.5) is 0 Å². The molecule has 242 valence electrons. The van der Waals surface area contributed by atoms with E-state index in [4.69, 9.17) is 13.8 Å². The fourth-order valence-electron chi connectivity index (χ4n) is 7.76. The average Bonchev–Trinajstić information content (AvgIpc) is 3.88. The molecule has 0 saturated heterocycles. The zero-order chi connectivity index (χ0) is 33.5. The van der Waals surface area contributed by atoms with E-state index in [9.17, 15) is 0 Å². The Labute approximate surface area is 296 Å². The Hall–Kier alpha value is -6.21. The Bertz CT molecular complexity index is 3010. The van der Waals surface area contributed by atoms with Gasteiger partial charge in [0, 0.05) is 47.3 Å². The standard InChI is InChI=1S/C45H29N3O2S/c1-2-10-26(11-3-1)43-46-44(48-45(47-43)34-16-9-18-38-41(34)33-13-4-6-17-36(33)49-38)28-21-23-37-35(24-28)30-22-20-27(25-39(30)50-37)29-14-8-15-32-31-12-5-7-19-40(31)51-42(29)32/h1-25,43-44,46H,(H,47,48). The maximum Gasteiger partial charge on any atom is 0.136 e. The number of thiophene rings is 1. The summed E-state index contributed by atoms with van der Waals surface area (Å²) in [5.41, 5.74) is 9.04. The molecule has 10 aromatic rings. The van der Waals surface area contributed by atoms with E-state index in [1.165, 1.54) is 25.7 Å². The van der Waals surface area contributed by atoms with Gasteiger partial charge in [-0.15, -0.1) is 11.3 Å². The number of fused-ring (bicyclic) bond motifs is 9. The van der Waals surface area contributed by atoms with Crippen LogP contribution in [0.5, 0.6) is 0 Å². The summed E-state index contributed by atoms with van der Waals surface area (Å²) in [5, 5.41) is 14.4.